The molecule has 1 aromatic heterocycles. The van der Waals surface area contributed by atoms with Gasteiger partial charge >= 0.3 is 0 Å². The highest BCUT2D eigenvalue weighted by Crippen LogP contribution is 2.28. The summed E-state index contributed by atoms with van der Waals surface area (Å²) in [5, 5.41) is 4.83. The van der Waals surface area contributed by atoms with E-state index in [9.17, 15) is 8.42 Å². The number of aromatic nitrogens is 1. The first kappa shape index (κ1) is 14.4. The number of hydrogen-bond donors (Lipinski definition) is 1. The van der Waals surface area contributed by atoms with E-state index in [0.29, 0.717) is 18.0 Å². The monoisotopic (exact) mass is 305 g/mol. The molecule has 0 amide bonds. The summed E-state index contributed by atoms with van der Waals surface area (Å²) in [4.78, 5) is 4.42. The largest absolute Gasteiger partial charge is 0.314 e. The molecule has 1 aromatic carbocycles. The fourth-order valence-electron chi connectivity index (χ4n) is 3.02. The molecule has 0 saturated carbocycles. The van der Waals surface area contributed by atoms with Gasteiger partial charge in [0, 0.05) is 48.3 Å². The summed E-state index contributed by atoms with van der Waals surface area (Å²) in [6, 6.07) is 6.98. The second-order valence-electron chi connectivity index (χ2n) is 5.54. The van der Waals surface area contributed by atoms with Crippen molar-refractivity contribution in [3.63, 3.8) is 0 Å². The third kappa shape index (κ3) is 2.43. The molecule has 1 fully saturated rings. The first-order chi connectivity index (χ1) is 10.0. The third-order valence-corrected chi connectivity index (χ3v) is 6.13. The standard InChI is InChI=1S/C15H19N3O2S/c1-11-8-17-9-12(2)18(11)21(19,20)15-5-3-4-13-10-16-7-6-14(13)15/h3-7,10-12,17H,8-9H2,1-2H3. The number of nitrogens with zero attached hydrogens (tertiary/aromatic N) is 2. The predicted octanol–water partition coefficient (Wildman–Crippen LogP) is 1.61. The van der Waals surface area contributed by atoms with Crippen LogP contribution in [-0.2, 0) is 10.0 Å². The lowest BCUT2D eigenvalue weighted by Crippen LogP contribution is -2.57. The van der Waals surface area contributed by atoms with Gasteiger partial charge in [0.25, 0.3) is 0 Å². The molecule has 2 unspecified atom stereocenters. The molecule has 1 aliphatic heterocycles. The fourth-order valence-corrected chi connectivity index (χ4v) is 5.06. The predicted molar refractivity (Wildman–Crippen MR) is 82.6 cm³/mol. The van der Waals surface area contributed by atoms with Crippen LogP contribution in [0.5, 0.6) is 0 Å². The lowest BCUT2D eigenvalue weighted by atomic mass is 10.2. The first-order valence-electron chi connectivity index (χ1n) is 7.09. The Labute approximate surface area is 125 Å². The molecule has 21 heavy (non-hydrogen) atoms. The average Bonchev–Trinajstić information content (AvgIpc) is 2.46. The van der Waals surface area contributed by atoms with Crippen LogP contribution in [0, 0.1) is 0 Å². The molecular formula is C15H19N3O2S. The number of rotatable bonds is 2. The third-order valence-electron chi connectivity index (χ3n) is 3.94. The maximum atomic E-state index is 13.1. The van der Waals surface area contributed by atoms with Crippen molar-refractivity contribution >= 4 is 20.8 Å². The maximum Gasteiger partial charge on any atom is 0.244 e. The van der Waals surface area contributed by atoms with E-state index in [4.69, 9.17) is 0 Å². The smallest absolute Gasteiger partial charge is 0.244 e. The lowest BCUT2D eigenvalue weighted by molar-refractivity contribution is 0.220. The minimum absolute atomic E-state index is 0.0594. The Hall–Kier alpha value is -1.50. The van der Waals surface area contributed by atoms with E-state index < -0.39 is 10.0 Å². The molecule has 1 N–H and O–H groups in total. The summed E-state index contributed by atoms with van der Waals surface area (Å²) in [5.74, 6) is 0. The summed E-state index contributed by atoms with van der Waals surface area (Å²) in [6.45, 7) is 5.23. The molecule has 0 spiro atoms. The van der Waals surface area contributed by atoms with Gasteiger partial charge in [0.1, 0.15) is 0 Å². The van der Waals surface area contributed by atoms with Crippen LogP contribution in [0.15, 0.2) is 41.6 Å². The molecule has 1 saturated heterocycles. The van der Waals surface area contributed by atoms with Gasteiger partial charge in [-0.3, -0.25) is 4.98 Å². The zero-order chi connectivity index (χ0) is 15.0. The summed E-state index contributed by atoms with van der Waals surface area (Å²) in [6.07, 6.45) is 3.32. The van der Waals surface area contributed by atoms with Gasteiger partial charge in [0.2, 0.25) is 10.0 Å². The zero-order valence-electron chi connectivity index (χ0n) is 12.2. The van der Waals surface area contributed by atoms with E-state index in [1.807, 2.05) is 19.9 Å². The SMILES string of the molecule is CC1CNCC(C)N1S(=O)(=O)c1cccc2cnccc12. The van der Waals surface area contributed by atoms with Crippen LogP contribution < -0.4 is 5.32 Å². The molecule has 3 rings (SSSR count). The second kappa shape index (κ2) is 5.36. The van der Waals surface area contributed by atoms with Crippen molar-refractivity contribution in [1.29, 1.82) is 0 Å². The normalized spacial score (nSPS) is 24.3. The van der Waals surface area contributed by atoms with Crippen LogP contribution in [0.25, 0.3) is 10.8 Å². The van der Waals surface area contributed by atoms with Gasteiger partial charge in [0.05, 0.1) is 4.90 Å². The van der Waals surface area contributed by atoms with Crippen molar-refractivity contribution in [2.45, 2.75) is 30.8 Å². The highest BCUT2D eigenvalue weighted by atomic mass is 32.2. The van der Waals surface area contributed by atoms with E-state index in [0.717, 1.165) is 10.8 Å². The summed E-state index contributed by atoms with van der Waals surface area (Å²) < 4.78 is 27.8. The zero-order valence-corrected chi connectivity index (χ0v) is 13.0. The van der Waals surface area contributed by atoms with E-state index in [2.05, 4.69) is 10.3 Å². The molecule has 6 heteroatoms. The number of nitrogens with one attached hydrogen (secondary N) is 1. The molecule has 0 aliphatic carbocycles. The van der Waals surface area contributed by atoms with Gasteiger partial charge in [-0.25, -0.2) is 8.42 Å². The van der Waals surface area contributed by atoms with Gasteiger partial charge in [0.15, 0.2) is 0 Å². The highest BCUT2D eigenvalue weighted by Gasteiger charge is 2.36. The number of fused-ring (bicyclic) bond motifs is 1. The van der Waals surface area contributed by atoms with Crippen molar-refractivity contribution in [3.8, 4) is 0 Å². The number of sulfonamides is 1. The van der Waals surface area contributed by atoms with Crippen molar-refractivity contribution in [3.05, 3.63) is 36.7 Å². The van der Waals surface area contributed by atoms with Crippen LogP contribution in [0.2, 0.25) is 0 Å². The topological polar surface area (TPSA) is 62.3 Å². The van der Waals surface area contributed by atoms with E-state index >= 15 is 0 Å². The first-order valence-corrected chi connectivity index (χ1v) is 8.53. The molecule has 0 bridgehead atoms. The average molecular weight is 305 g/mol. The second-order valence-corrected chi connectivity index (χ2v) is 7.36. The van der Waals surface area contributed by atoms with Gasteiger partial charge < -0.3 is 5.32 Å². The molecule has 0 radical (unpaired) electrons. The van der Waals surface area contributed by atoms with E-state index in [-0.39, 0.29) is 12.1 Å². The maximum absolute atomic E-state index is 13.1. The highest BCUT2D eigenvalue weighted by molar-refractivity contribution is 7.89. The van der Waals surface area contributed by atoms with E-state index in [1.165, 1.54) is 0 Å². The molecule has 112 valence electrons. The minimum Gasteiger partial charge on any atom is -0.314 e. The summed E-state index contributed by atoms with van der Waals surface area (Å²) in [5.41, 5.74) is 0. The van der Waals surface area contributed by atoms with Crippen LogP contribution in [0.3, 0.4) is 0 Å². The van der Waals surface area contributed by atoms with Crippen molar-refractivity contribution < 1.29 is 8.42 Å². The Kier molecular flexibility index (Phi) is 3.69. The molecule has 2 aromatic rings. The molecule has 2 heterocycles. The molecule has 2 atom stereocenters. The summed E-state index contributed by atoms with van der Waals surface area (Å²) in [7, 11) is -3.52. The number of piperazine rings is 1. The van der Waals surface area contributed by atoms with Crippen LogP contribution in [0.4, 0.5) is 0 Å². The fraction of sp³-hybridized carbons (Fsp3) is 0.400. The molecule has 5 nitrogen and oxygen atoms in total. The van der Waals surface area contributed by atoms with Gasteiger partial charge in [-0.15, -0.1) is 0 Å². The van der Waals surface area contributed by atoms with Crippen LogP contribution in [-0.4, -0.2) is 42.9 Å². The summed E-state index contributed by atoms with van der Waals surface area (Å²) >= 11 is 0. The number of benzene rings is 1. The van der Waals surface area contributed by atoms with Crippen molar-refractivity contribution in [2.24, 2.45) is 0 Å². The Morgan fingerprint density at radius 1 is 1.19 bits per heavy atom. The number of pyridine rings is 1. The Bertz CT molecular complexity index is 745. The van der Waals surface area contributed by atoms with E-state index in [1.54, 1.807) is 34.9 Å². The number of hydrogen-bond acceptors (Lipinski definition) is 4. The molecule has 1 aliphatic rings. The minimum atomic E-state index is -3.52. The van der Waals surface area contributed by atoms with Gasteiger partial charge in [-0.05, 0) is 26.0 Å². The quantitative estimate of drug-likeness (QED) is 0.915. The van der Waals surface area contributed by atoms with Crippen LogP contribution in [0.1, 0.15) is 13.8 Å². The molecular weight excluding hydrogens is 286 g/mol. The van der Waals surface area contributed by atoms with Gasteiger partial charge in [-0.2, -0.15) is 4.31 Å². The Morgan fingerprint density at radius 2 is 1.90 bits per heavy atom. The van der Waals surface area contributed by atoms with Crippen molar-refractivity contribution in [1.82, 2.24) is 14.6 Å². The van der Waals surface area contributed by atoms with Crippen molar-refractivity contribution in [2.75, 3.05) is 13.1 Å². The van der Waals surface area contributed by atoms with Gasteiger partial charge in [-0.1, -0.05) is 12.1 Å². The Morgan fingerprint density at radius 3 is 2.62 bits per heavy atom. The Balaban J connectivity index is 2.16. The lowest BCUT2D eigenvalue weighted by Gasteiger charge is -2.38. The van der Waals surface area contributed by atoms with Crippen LogP contribution >= 0.6 is 0 Å².